The van der Waals surface area contributed by atoms with Crippen LogP contribution in [0.1, 0.15) is 18.2 Å². The summed E-state index contributed by atoms with van der Waals surface area (Å²) in [6.07, 6.45) is 1.27. The molecule has 2 heterocycles. The summed E-state index contributed by atoms with van der Waals surface area (Å²) in [6.45, 7) is 5.43. The van der Waals surface area contributed by atoms with Gasteiger partial charge in [0.25, 0.3) is 0 Å². The average molecular weight is 247 g/mol. The minimum absolute atomic E-state index is 0. The summed E-state index contributed by atoms with van der Waals surface area (Å²) < 4.78 is 0. The first-order valence-corrected chi connectivity index (χ1v) is 6.14. The van der Waals surface area contributed by atoms with Crippen LogP contribution in [0.2, 0.25) is 0 Å². The van der Waals surface area contributed by atoms with Crippen molar-refractivity contribution < 1.29 is 0 Å². The summed E-state index contributed by atoms with van der Waals surface area (Å²) in [5.74, 6) is 0.713. The molecule has 1 aromatic heterocycles. The zero-order chi connectivity index (χ0) is 9.97. The van der Waals surface area contributed by atoms with Crippen LogP contribution in [0.4, 0.5) is 0 Å². The van der Waals surface area contributed by atoms with E-state index < -0.39 is 0 Å². The Bertz CT molecular complexity index is 276. The van der Waals surface area contributed by atoms with Crippen molar-refractivity contribution in [2.45, 2.75) is 25.9 Å². The Balaban J connectivity index is 0.00000112. The second-order valence-electron chi connectivity index (χ2n) is 4.20. The first kappa shape index (κ1) is 13.0. The summed E-state index contributed by atoms with van der Waals surface area (Å²) in [7, 11) is 0. The molecule has 86 valence electrons. The zero-order valence-corrected chi connectivity index (χ0v) is 10.7. The summed E-state index contributed by atoms with van der Waals surface area (Å²) >= 11 is 1.85. The van der Waals surface area contributed by atoms with Gasteiger partial charge in [0.2, 0.25) is 0 Å². The van der Waals surface area contributed by atoms with Crippen molar-refractivity contribution >= 4 is 23.7 Å². The van der Waals surface area contributed by atoms with E-state index in [1.807, 2.05) is 11.3 Å². The fourth-order valence-corrected chi connectivity index (χ4v) is 2.94. The highest BCUT2D eigenvalue weighted by molar-refractivity contribution is 7.09. The van der Waals surface area contributed by atoms with E-state index in [1.165, 1.54) is 17.8 Å². The first-order valence-electron chi connectivity index (χ1n) is 5.26. The van der Waals surface area contributed by atoms with Crippen LogP contribution in [-0.4, -0.2) is 24.0 Å². The van der Waals surface area contributed by atoms with Crippen LogP contribution in [0.15, 0.2) is 17.5 Å². The highest BCUT2D eigenvalue weighted by Gasteiger charge is 2.27. The number of thiophene rings is 1. The largest absolute Gasteiger partial charge is 0.330 e. The van der Waals surface area contributed by atoms with Gasteiger partial charge in [0.1, 0.15) is 0 Å². The van der Waals surface area contributed by atoms with Crippen molar-refractivity contribution in [3.05, 3.63) is 22.4 Å². The summed E-state index contributed by atoms with van der Waals surface area (Å²) in [4.78, 5) is 4.01. The van der Waals surface area contributed by atoms with Gasteiger partial charge in [-0.15, -0.1) is 23.7 Å². The van der Waals surface area contributed by atoms with Crippen molar-refractivity contribution in [1.82, 2.24) is 4.90 Å². The molecule has 2 rings (SSSR count). The Hall–Kier alpha value is -0.0900. The third-order valence-corrected chi connectivity index (χ3v) is 3.92. The molecule has 15 heavy (non-hydrogen) atoms. The molecule has 0 spiro atoms. The maximum atomic E-state index is 5.71. The SMILES string of the molecule is CC1CC(CN)CN1Cc1cccs1.Cl. The molecule has 2 N–H and O–H groups in total. The third-order valence-electron chi connectivity index (χ3n) is 3.06. The molecule has 0 radical (unpaired) electrons. The lowest BCUT2D eigenvalue weighted by Crippen LogP contribution is -2.26. The van der Waals surface area contributed by atoms with Crippen LogP contribution in [0.5, 0.6) is 0 Å². The van der Waals surface area contributed by atoms with E-state index in [4.69, 9.17) is 5.73 Å². The normalized spacial score (nSPS) is 26.5. The number of likely N-dealkylation sites (tertiary alicyclic amines) is 1. The van der Waals surface area contributed by atoms with Gasteiger partial charge >= 0.3 is 0 Å². The van der Waals surface area contributed by atoms with Gasteiger partial charge in [0.15, 0.2) is 0 Å². The molecule has 1 aliphatic rings. The molecule has 4 heteroatoms. The van der Waals surface area contributed by atoms with Crippen LogP contribution < -0.4 is 5.73 Å². The third kappa shape index (κ3) is 3.18. The lowest BCUT2D eigenvalue weighted by atomic mass is 10.1. The molecule has 1 aliphatic heterocycles. The van der Waals surface area contributed by atoms with E-state index in [-0.39, 0.29) is 12.4 Å². The maximum absolute atomic E-state index is 5.71. The van der Waals surface area contributed by atoms with Crippen LogP contribution in [0.3, 0.4) is 0 Å². The second kappa shape index (κ2) is 5.85. The molecule has 1 saturated heterocycles. The number of hydrogen-bond donors (Lipinski definition) is 1. The highest BCUT2D eigenvalue weighted by atomic mass is 35.5. The van der Waals surface area contributed by atoms with Gasteiger partial charge in [-0.05, 0) is 37.3 Å². The molecule has 0 aliphatic carbocycles. The van der Waals surface area contributed by atoms with Gasteiger partial charge in [-0.2, -0.15) is 0 Å². The van der Waals surface area contributed by atoms with Gasteiger partial charge < -0.3 is 5.73 Å². The van der Waals surface area contributed by atoms with Crippen LogP contribution in [0, 0.1) is 5.92 Å². The molecule has 1 fully saturated rings. The van der Waals surface area contributed by atoms with E-state index in [0.29, 0.717) is 12.0 Å². The van der Waals surface area contributed by atoms with E-state index in [2.05, 4.69) is 29.3 Å². The Labute approximate surface area is 102 Å². The van der Waals surface area contributed by atoms with Crippen molar-refractivity contribution in [3.63, 3.8) is 0 Å². The fourth-order valence-electron chi connectivity index (χ4n) is 2.21. The summed E-state index contributed by atoms with van der Waals surface area (Å²) in [5.41, 5.74) is 5.71. The predicted octanol–water partition coefficient (Wildman–Crippen LogP) is 2.34. The van der Waals surface area contributed by atoms with Gasteiger partial charge in [-0.25, -0.2) is 0 Å². The smallest absolute Gasteiger partial charge is 0.0330 e. The van der Waals surface area contributed by atoms with Crippen molar-refractivity contribution in [1.29, 1.82) is 0 Å². The number of halogens is 1. The summed E-state index contributed by atoms with van der Waals surface area (Å²) in [6, 6.07) is 5.04. The monoisotopic (exact) mass is 246 g/mol. The molecular weight excluding hydrogens is 228 g/mol. The lowest BCUT2D eigenvalue weighted by Gasteiger charge is -2.19. The van der Waals surface area contributed by atoms with Gasteiger partial charge in [0, 0.05) is 24.0 Å². The Morgan fingerprint density at radius 2 is 2.40 bits per heavy atom. The predicted molar refractivity (Wildman–Crippen MR) is 68.6 cm³/mol. The average Bonchev–Trinajstić information content (AvgIpc) is 2.78. The van der Waals surface area contributed by atoms with Crippen LogP contribution >= 0.6 is 23.7 Å². The van der Waals surface area contributed by atoms with Crippen LogP contribution in [-0.2, 0) is 6.54 Å². The molecule has 2 unspecified atom stereocenters. The molecule has 0 aromatic carbocycles. The molecule has 0 bridgehead atoms. The minimum atomic E-state index is 0. The van der Waals surface area contributed by atoms with Crippen molar-refractivity contribution in [2.75, 3.05) is 13.1 Å². The molecular formula is C11H19ClN2S. The van der Waals surface area contributed by atoms with Crippen molar-refractivity contribution in [2.24, 2.45) is 11.7 Å². The number of nitrogens with two attached hydrogens (primary N) is 1. The Kier molecular flexibility index (Phi) is 5.06. The number of nitrogens with zero attached hydrogens (tertiary/aromatic N) is 1. The minimum Gasteiger partial charge on any atom is -0.330 e. The molecule has 1 aromatic rings. The number of rotatable bonds is 3. The van der Waals surface area contributed by atoms with Gasteiger partial charge in [0.05, 0.1) is 0 Å². The van der Waals surface area contributed by atoms with Crippen molar-refractivity contribution in [3.8, 4) is 0 Å². The molecule has 0 saturated carbocycles. The molecule has 0 amide bonds. The maximum Gasteiger partial charge on any atom is 0.0330 e. The highest BCUT2D eigenvalue weighted by Crippen LogP contribution is 2.25. The number of hydrogen-bond acceptors (Lipinski definition) is 3. The molecule has 2 nitrogen and oxygen atoms in total. The zero-order valence-electron chi connectivity index (χ0n) is 9.06. The summed E-state index contributed by atoms with van der Waals surface area (Å²) in [5, 5.41) is 2.15. The Morgan fingerprint density at radius 3 is 2.93 bits per heavy atom. The van der Waals surface area contributed by atoms with E-state index in [1.54, 1.807) is 0 Å². The standard InChI is InChI=1S/C11H18N2S.ClH/c1-9-5-10(6-12)7-13(9)8-11-3-2-4-14-11;/h2-4,9-10H,5-8,12H2,1H3;1H. The Morgan fingerprint density at radius 1 is 1.60 bits per heavy atom. The van der Waals surface area contributed by atoms with Gasteiger partial charge in [-0.1, -0.05) is 6.07 Å². The van der Waals surface area contributed by atoms with Gasteiger partial charge in [-0.3, -0.25) is 4.90 Å². The quantitative estimate of drug-likeness (QED) is 0.887. The topological polar surface area (TPSA) is 29.3 Å². The van der Waals surface area contributed by atoms with E-state index >= 15 is 0 Å². The fraction of sp³-hybridized carbons (Fsp3) is 0.636. The first-order chi connectivity index (χ1) is 6.79. The lowest BCUT2D eigenvalue weighted by molar-refractivity contribution is 0.258. The molecule has 2 atom stereocenters. The van der Waals surface area contributed by atoms with E-state index in [9.17, 15) is 0 Å². The van der Waals surface area contributed by atoms with E-state index in [0.717, 1.165) is 13.1 Å². The van der Waals surface area contributed by atoms with Crippen LogP contribution in [0.25, 0.3) is 0 Å². The second-order valence-corrected chi connectivity index (χ2v) is 5.23.